The van der Waals surface area contributed by atoms with Crippen molar-refractivity contribution in [3.63, 3.8) is 0 Å². The summed E-state index contributed by atoms with van der Waals surface area (Å²) < 4.78 is 10.5. The molecule has 0 spiro atoms. The van der Waals surface area contributed by atoms with E-state index in [0.717, 1.165) is 51.6 Å². The molecule has 0 aromatic heterocycles. The van der Waals surface area contributed by atoms with E-state index in [9.17, 15) is 0 Å². The highest BCUT2D eigenvalue weighted by molar-refractivity contribution is 5.39. The molecule has 4 nitrogen and oxygen atoms in total. The number of methoxy groups -OCH3 is 1. The monoisotopic (exact) mass is 250 g/mol. The zero-order valence-corrected chi connectivity index (χ0v) is 11.0. The number of hydrogen-bond acceptors (Lipinski definition) is 4. The van der Waals surface area contributed by atoms with Gasteiger partial charge >= 0.3 is 0 Å². The van der Waals surface area contributed by atoms with Crippen LogP contribution in [-0.2, 0) is 17.7 Å². The first-order chi connectivity index (χ1) is 8.90. The standard InChI is InChI=1S/C14H22N2O2/c1-17-9-7-15-5-6-16-11-12-2-3-14-13(10-12)4-8-18-14/h2-3,10,15-16H,4-9,11H2,1H3. The fourth-order valence-corrected chi connectivity index (χ4v) is 2.06. The quantitative estimate of drug-likeness (QED) is 0.674. The zero-order valence-electron chi connectivity index (χ0n) is 11.0. The molecule has 18 heavy (non-hydrogen) atoms. The van der Waals surface area contributed by atoms with Crippen LogP contribution in [-0.4, -0.2) is 40.0 Å². The van der Waals surface area contributed by atoms with E-state index in [1.54, 1.807) is 7.11 Å². The van der Waals surface area contributed by atoms with E-state index in [1.807, 2.05) is 0 Å². The van der Waals surface area contributed by atoms with Crippen molar-refractivity contribution in [2.75, 3.05) is 40.0 Å². The maximum Gasteiger partial charge on any atom is 0.122 e. The van der Waals surface area contributed by atoms with Gasteiger partial charge in [0.1, 0.15) is 5.75 Å². The lowest BCUT2D eigenvalue weighted by atomic mass is 10.1. The largest absolute Gasteiger partial charge is 0.493 e. The number of ether oxygens (including phenoxy) is 2. The van der Waals surface area contributed by atoms with Crippen LogP contribution < -0.4 is 15.4 Å². The van der Waals surface area contributed by atoms with Crippen molar-refractivity contribution in [2.45, 2.75) is 13.0 Å². The summed E-state index contributed by atoms with van der Waals surface area (Å²) in [5.74, 6) is 1.06. The molecule has 0 unspecified atom stereocenters. The average molecular weight is 250 g/mol. The van der Waals surface area contributed by atoms with Gasteiger partial charge in [-0.25, -0.2) is 0 Å². The molecule has 0 bridgehead atoms. The van der Waals surface area contributed by atoms with Crippen molar-refractivity contribution < 1.29 is 9.47 Å². The van der Waals surface area contributed by atoms with Crippen LogP contribution in [0.4, 0.5) is 0 Å². The highest BCUT2D eigenvalue weighted by Crippen LogP contribution is 2.25. The molecule has 0 saturated carbocycles. The molecule has 4 heteroatoms. The van der Waals surface area contributed by atoms with Crippen LogP contribution in [0.2, 0.25) is 0 Å². The highest BCUT2D eigenvalue weighted by atomic mass is 16.5. The van der Waals surface area contributed by atoms with E-state index >= 15 is 0 Å². The summed E-state index contributed by atoms with van der Waals surface area (Å²) in [6, 6.07) is 6.46. The van der Waals surface area contributed by atoms with Crippen LogP contribution in [0.3, 0.4) is 0 Å². The summed E-state index contributed by atoms with van der Waals surface area (Å²) in [5, 5.41) is 6.73. The minimum atomic E-state index is 0.769. The minimum absolute atomic E-state index is 0.769. The van der Waals surface area contributed by atoms with Gasteiger partial charge in [-0.2, -0.15) is 0 Å². The third kappa shape index (κ3) is 3.98. The van der Waals surface area contributed by atoms with E-state index < -0.39 is 0 Å². The number of benzene rings is 1. The molecule has 0 fully saturated rings. The summed E-state index contributed by atoms with van der Waals surface area (Å²) in [7, 11) is 1.72. The van der Waals surface area contributed by atoms with Gasteiger partial charge in [-0.05, 0) is 17.2 Å². The maximum atomic E-state index is 5.49. The lowest BCUT2D eigenvalue weighted by molar-refractivity contribution is 0.199. The Morgan fingerprint density at radius 2 is 2.11 bits per heavy atom. The number of hydrogen-bond donors (Lipinski definition) is 2. The molecule has 1 heterocycles. The fraction of sp³-hybridized carbons (Fsp3) is 0.571. The molecule has 100 valence electrons. The second kappa shape index (κ2) is 7.36. The van der Waals surface area contributed by atoms with Gasteiger partial charge in [0.2, 0.25) is 0 Å². The van der Waals surface area contributed by atoms with Crippen molar-refractivity contribution in [3.05, 3.63) is 29.3 Å². The van der Waals surface area contributed by atoms with Crippen LogP contribution in [0.25, 0.3) is 0 Å². The Morgan fingerprint density at radius 3 is 3.00 bits per heavy atom. The first-order valence-electron chi connectivity index (χ1n) is 6.55. The molecule has 1 aliphatic heterocycles. The molecule has 0 radical (unpaired) electrons. The summed E-state index contributed by atoms with van der Waals surface area (Å²) in [5.41, 5.74) is 2.67. The first kappa shape index (κ1) is 13.3. The molecule has 0 aliphatic carbocycles. The Kier molecular flexibility index (Phi) is 5.45. The summed E-state index contributed by atoms with van der Waals surface area (Å²) in [4.78, 5) is 0. The Bertz CT molecular complexity index is 369. The second-order valence-corrected chi connectivity index (χ2v) is 4.46. The van der Waals surface area contributed by atoms with Crippen LogP contribution >= 0.6 is 0 Å². The normalized spacial score (nSPS) is 13.4. The third-order valence-corrected chi connectivity index (χ3v) is 3.04. The lowest BCUT2D eigenvalue weighted by Crippen LogP contribution is -2.29. The fourth-order valence-electron chi connectivity index (χ4n) is 2.06. The number of nitrogens with one attached hydrogen (secondary N) is 2. The van der Waals surface area contributed by atoms with E-state index in [-0.39, 0.29) is 0 Å². The van der Waals surface area contributed by atoms with E-state index in [4.69, 9.17) is 9.47 Å². The SMILES string of the molecule is COCCNCCNCc1ccc2c(c1)CCO2. The third-order valence-electron chi connectivity index (χ3n) is 3.04. The second-order valence-electron chi connectivity index (χ2n) is 4.46. The van der Waals surface area contributed by atoms with Crippen molar-refractivity contribution >= 4 is 0 Å². The van der Waals surface area contributed by atoms with Crippen molar-refractivity contribution in [3.8, 4) is 5.75 Å². The molecule has 2 N–H and O–H groups in total. The van der Waals surface area contributed by atoms with Gasteiger partial charge in [0.15, 0.2) is 0 Å². The molecule has 0 saturated heterocycles. The van der Waals surface area contributed by atoms with Crippen LogP contribution in [0.5, 0.6) is 5.75 Å². The zero-order chi connectivity index (χ0) is 12.6. The Morgan fingerprint density at radius 1 is 1.22 bits per heavy atom. The summed E-state index contributed by atoms with van der Waals surface area (Å²) in [6.45, 7) is 5.36. The van der Waals surface area contributed by atoms with Gasteiger partial charge in [0.05, 0.1) is 13.2 Å². The van der Waals surface area contributed by atoms with Crippen LogP contribution in [0.1, 0.15) is 11.1 Å². The van der Waals surface area contributed by atoms with Crippen molar-refractivity contribution in [1.82, 2.24) is 10.6 Å². The summed E-state index contributed by atoms with van der Waals surface area (Å²) >= 11 is 0. The predicted octanol–water partition coefficient (Wildman–Crippen LogP) is 0.947. The molecule has 1 aromatic rings. The highest BCUT2D eigenvalue weighted by Gasteiger charge is 2.11. The molecule has 0 amide bonds. The molecular weight excluding hydrogens is 228 g/mol. The topological polar surface area (TPSA) is 42.5 Å². The van der Waals surface area contributed by atoms with E-state index in [2.05, 4.69) is 28.8 Å². The van der Waals surface area contributed by atoms with Gasteiger partial charge < -0.3 is 20.1 Å². The van der Waals surface area contributed by atoms with Gasteiger partial charge in [0.25, 0.3) is 0 Å². The van der Waals surface area contributed by atoms with Crippen LogP contribution in [0, 0.1) is 0 Å². The predicted molar refractivity (Wildman–Crippen MR) is 72.1 cm³/mol. The molecular formula is C14H22N2O2. The minimum Gasteiger partial charge on any atom is -0.493 e. The van der Waals surface area contributed by atoms with E-state index in [1.165, 1.54) is 11.1 Å². The Labute approximate surface area is 109 Å². The summed E-state index contributed by atoms with van der Waals surface area (Å²) in [6.07, 6.45) is 1.04. The van der Waals surface area contributed by atoms with Gasteiger partial charge in [-0.1, -0.05) is 12.1 Å². The van der Waals surface area contributed by atoms with Crippen molar-refractivity contribution in [2.24, 2.45) is 0 Å². The van der Waals surface area contributed by atoms with Crippen LogP contribution in [0.15, 0.2) is 18.2 Å². The first-order valence-corrected chi connectivity index (χ1v) is 6.55. The Hall–Kier alpha value is -1.10. The molecule has 0 atom stereocenters. The lowest BCUT2D eigenvalue weighted by Gasteiger charge is -2.07. The van der Waals surface area contributed by atoms with E-state index in [0.29, 0.717) is 0 Å². The van der Waals surface area contributed by atoms with Gasteiger partial charge in [0, 0.05) is 39.7 Å². The van der Waals surface area contributed by atoms with Gasteiger partial charge in [-0.3, -0.25) is 0 Å². The maximum absolute atomic E-state index is 5.49. The van der Waals surface area contributed by atoms with Crippen molar-refractivity contribution in [1.29, 1.82) is 0 Å². The average Bonchev–Trinajstić information content (AvgIpc) is 2.85. The Balaban J connectivity index is 1.62. The number of fused-ring (bicyclic) bond motifs is 1. The molecule has 2 rings (SSSR count). The number of rotatable bonds is 8. The molecule has 1 aliphatic rings. The van der Waals surface area contributed by atoms with Gasteiger partial charge in [-0.15, -0.1) is 0 Å². The smallest absolute Gasteiger partial charge is 0.122 e. The molecule has 1 aromatic carbocycles.